The second kappa shape index (κ2) is 6.59. The van der Waals surface area contributed by atoms with Crippen molar-refractivity contribution >= 4 is 18.9 Å². The molecule has 6 nitrogen and oxygen atoms in total. The Morgan fingerprint density at radius 1 is 1.05 bits per heavy atom. The summed E-state index contributed by atoms with van der Waals surface area (Å²) in [6.45, 7) is 0. The summed E-state index contributed by atoms with van der Waals surface area (Å²) in [4.78, 5) is -0.120. The van der Waals surface area contributed by atoms with E-state index in [-0.39, 0.29) is 4.90 Å². The van der Waals surface area contributed by atoms with Crippen molar-refractivity contribution in [1.82, 2.24) is 0 Å². The molecular weight excluding hydrogens is 288 g/mol. The molecule has 0 unspecified atom stereocenters. The van der Waals surface area contributed by atoms with Crippen molar-refractivity contribution in [2.24, 2.45) is 0 Å². The van der Waals surface area contributed by atoms with Gasteiger partial charge in [-0.1, -0.05) is 12.1 Å². The van der Waals surface area contributed by atoms with Crippen LogP contribution < -0.4 is 0 Å². The Bertz CT molecular complexity index is 486. The van der Waals surface area contributed by atoms with Crippen LogP contribution in [0.5, 0.6) is 0 Å². The highest BCUT2D eigenvalue weighted by Crippen LogP contribution is 2.18. The average Bonchev–Trinajstić information content (AvgIpc) is 2.40. The van der Waals surface area contributed by atoms with Crippen molar-refractivity contribution in [3.05, 3.63) is 29.8 Å². The number of aryl methyl sites for hydroxylation is 1. The van der Waals surface area contributed by atoms with E-state index in [2.05, 4.69) is 0 Å². The Kier molecular flexibility index (Phi) is 5.65. The van der Waals surface area contributed by atoms with Crippen LogP contribution in [0.4, 0.5) is 0 Å². The Morgan fingerprint density at radius 2 is 1.53 bits per heavy atom. The highest BCUT2D eigenvalue weighted by Gasteiger charge is 2.37. The first-order valence-corrected chi connectivity index (χ1v) is 8.96. The first kappa shape index (κ1) is 16.3. The molecule has 0 spiro atoms. The van der Waals surface area contributed by atoms with Gasteiger partial charge in [0.2, 0.25) is 0 Å². The molecule has 0 saturated carbocycles. The topological polar surface area (TPSA) is 82.1 Å². The maximum atomic E-state index is 10.9. The summed E-state index contributed by atoms with van der Waals surface area (Å²) in [6, 6.07) is 6.59. The lowest BCUT2D eigenvalue weighted by molar-refractivity contribution is 0.123. The van der Waals surface area contributed by atoms with Gasteiger partial charge in [0.15, 0.2) is 0 Å². The van der Waals surface area contributed by atoms with Crippen LogP contribution in [-0.2, 0) is 29.8 Å². The molecule has 1 aromatic carbocycles. The molecule has 19 heavy (non-hydrogen) atoms. The predicted molar refractivity (Wildman–Crippen MR) is 71.5 cm³/mol. The lowest BCUT2D eigenvalue weighted by Gasteiger charge is -2.24. The van der Waals surface area contributed by atoms with E-state index in [1.807, 2.05) is 0 Å². The van der Waals surface area contributed by atoms with Crippen molar-refractivity contribution in [3.8, 4) is 0 Å². The van der Waals surface area contributed by atoms with Gasteiger partial charge in [0.05, 0.1) is 4.90 Å². The minimum absolute atomic E-state index is 0.120. The highest BCUT2D eigenvalue weighted by atomic mass is 32.2. The van der Waals surface area contributed by atoms with E-state index in [9.17, 15) is 8.42 Å². The van der Waals surface area contributed by atoms with Gasteiger partial charge in [0.25, 0.3) is 10.1 Å². The van der Waals surface area contributed by atoms with E-state index >= 15 is 0 Å². The second-order valence-corrected chi connectivity index (χ2v) is 8.43. The van der Waals surface area contributed by atoms with E-state index in [0.29, 0.717) is 12.5 Å². The molecule has 0 aliphatic rings. The first-order chi connectivity index (χ1) is 8.87. The molecule has 0 saturated heterocycles. The zero-order valence-corrected chi connectivity index (χ0v) is 12.9. The average molecular weight is 306 g/mol. The molecule has 0 aromatic heterocycles. The molecule has 0 bridgehead atoms. The summed E-state index contributed by atoms with van der Waals surface area (Å²) >= 11 is 0. The monoisotopic (exact) mass is 306 g/mol. The van der Waals surface area contributed by atoms with Crippen LogP contribution in [0, 0.1) is 0 Å². The van der Waals surface area contributed by atoms with E-state index in [1.54, 1.807) is 33.5 Å². The Hall–Kier alpha value is -0.773. The second-order valence-electron chi connectivity index (χ2n) is 3.91. The molecule has 1 aromatic rings. The molecule has 1 rings (SSSR count). The molecule has 0 atom stereocenters. The minimum atomic E-state index is -4.14. The van der Waals surface area contributed by atoms with Gasteiger partial charge in [-0.25, -0.2) is 0 Å². The van der Waals surface area contributed by atoms with Gasteiger partial charge in [-0.3, -0.25) is 4.55 Å². The fraction of sp³-hybridized carbons (Fsp3) is 0.455. The molecule has 108 valence electrons. The van der Waals surface area contributed by atoms with E-state index in [1.165, 1.54) is 12.1 Å². The summed E-state index contributed by atoms with van der Waals surface area (Å²) in [5.74, 6) is 0. The smallest absolute Gasteiger partial charge is 0.377 e. The fourth-order valence-electron chi connectivity index (χ4n) is 1.68. The van der Waals surface area contributed by atoms with Crippen molar-refractivity contribution in [1.29, 1.82) is 0 Å². The van der Waals surface area contributed by atoms with Crippen LogP contribution in [0.2, 0.25) is 6.04 Å². The van der Waals surface area contributed by atoms with Gasteiger partial charge in [0.1, 0.15) is 0 Å². The third-order valence-electron chi connectivity index (χ3n) is 2.87. The maximum absolute atomic E-state index is 10.9. The predicted octanol–water partition coefficient (Wildman–Crippen LogP) is 1.35. The van der Waals surface area contributed by atoms with Crippen LogP contribution in [0.15, 0.2) is 29.2 Å². The van der Waals surface area contributed by atoms with Gasteiger partial charge >= 0.3 is 8.80 Å². The number of benzene rings is 1. The number of hydrogen-bond donors (Lipinski definition) is 1. The third-order valence-corrected chi connectivity index (χ3v) is 6.47. The largest absolute Gasteiger partial charge is 0.500 e. The molecule has 0 radical (unpaired) electrons. The van der Waals surface area contributed by atoms with Crippen LogP contribution in [0.25, 0.3) is 0 Å². The zero-order chi connectivity index (χ0) is 14.5. The maximum Gasteiger partial charge on any atom is 0.500 e. The highest BCUT2D eigenvalue weighted by molar-refractivity contribution is 7.85. The fourth-order valence-corrected chi connectivity index (χ4v) is 3.87. The van der Waals surface area contributed by atoms with Crippen LogP contribution >= 0.6 is 0 Å². The standard InChI is InChI=1S/C11H18O6SSi/c1-15-19(16-2,17-3)9-8-10-4-6-11(7-5-10)18(12,13)14/h4-7H,8-9H2,1-3H3,(H,12,13,14). The molecule has 0 aliphatic carbocycles. The number of hydrogen-bond acceptors (Lipinski definition) is 5. The Labute approximate surface area is 114 Å². The van der Waals surface area contributed by atoms with Gasteiger partial charge in [-0.2, -0.15) is 8.42 Å². The van der Waals surface area contributed by atoms with Crippen molar-refractivity contribution in [2.45, 2.75) is 17.4 Å². The summed E-state index contributed by atoms with van der Waals surface area (Å²) < 4.78 is 46.6. The third kappa shape index (κ3) is 4.37. The summed E-state index contributed by atoms with van der Waals surface area (Å²) in [6.07, 6.45) is 0.632. The lowest BCUT2D eigenvalue weighted by atomic mass is 10.2. The zero-order valence-electron chi connectivity index (χ0n) is 11.1. The minimum Gasteiger partial charge on any atom is -0.377 e. The van der Waals surface area contributed by atoms with Crippen LogP contribution in [0.1, 0.15) is 5.56 Å². The lowest BCUT2D eigenvalue weighted by Crippen LogP contribution is -2.43. The van der Waals surface area contributed by atoms with Gasteiger partial charge in [-0.15, -0.1) is 0 Å². The van der Waals surface area contributed by atoms with E-state index in [0.717, 1.165) is 5.56 Å². The molecule has 8 heteroatoms. The summed E-state index contributed by atoms with van der Waals surface area (Å²) in [5.41, 5.74) is 0.912. The van der Waals surface area contributed by atoms with Crippen molar-refractivity contribution in [3.63, 3.8) is 0 Å². The Morgan fingerprint density at radius 3 is 1.89 bits per heavy atom. The van der Waals surface area contributed by atoms with Gasteiger partial charge in [-0.05, 0) is 24.1 Å². The van der Waals surface area contributed by atoms with Gasteiger partial charge < -0.3 is 13.3 Å². The van der Waals surface area contributed by atoms with Crippen molar-refractivity contribution in [2.75, 3.05) is 21.3 Å². The first-order valence-electron chi connectivity index (χ1n) is 5.59. The van der Waals surface area contributed by atoms with Crippen LogP contribution in [0.3, 0.4) is 0 Å². The summed E-state index contributed by atoms with van der Waals surface area (Å²) in [7, 11) is -2.13. The number of rotatable bonds is 7. The molecule has 0 heterocycles. The van der Waals surface area contributed by atoms with E-state index < -0.39 is 18.9 Å². The Balaban J connectivity index is 2.74. The molecule has 0 amide bonds. The normalized spacial score (nSPS) is 12.6. The van der Waals surface area contributed by atoms with Crippen molar-refractivity contribution < 1.29 is 26.2 Å². The SMILES string of the molecule is CO[Si](CCc1ccc(S(=O)(=O)O)cc1)(OC)OC. The molecule has 0 fully saturated rings. The van der Waals surface area contributed by atoms with Crippen LogP contribution in [-0.4, -0.2) is 43.1 Å². The molecular formula is C11H18O6SSi. The summed E-state index contributed by atoms with van der Waals surface area (Å²) in [5, 5.41) is 0. The van der Waals surface area contributed by atoms with E-state index in [4.69, 9.17) is 17.8 Å². The molecule has 0 aliphatic heterocycles. The van der Waals surface area contributed by atoms with Gasteiger partial charge in [0, 0.05) is 27.4 Å². The molecule has 1 N–H and O–H groups in total. The quantitative estimate of drug-likeness (QED) is 0.605.